The number of nitrogens with zero attached hydrogens (tertiary/aromatic N) is 2. The first-order valence-electron chi connectivity index (χ1n) is 8.98. The van der Waals surface area contributed by atoms with E-state index in [0.29, 0.717) is 5.69 Å². The standard InChI is InChI=1S/C21H23N3O/c1-14-7-10-16(11-8-14)19-20(21(25)22-17-5-3-4-6-17)24-13-15(2)9-12-18(24)23-19/h7-13,17H,3-6H2,1-2H3,(H,22,25). The van der Waals surface area contributed by atoms with Crippen LogP contribution in [0.2, 0.25) is 0 Å². The zero-order chi connectivity index (χ0) is 17.4. The average Bonchev–Trinajstić information content (AvgIpc) is 3.22. The Labute approximate surface area is 147 Å². The third-order valence-corrected chi connectivity index (χ3v) is 5.00. The van der Waals surface area contributed by atoms with Gasteiger partial charge in [0.25, 0.3) is 5.91 Å². The number of rotatable bonds is 3. The fraction of sp³-hybridized carbons (Fsp3) is 0.333. The highest BCUT2D eigenvalue weighted by molar-refractivity contribution is 5.99. The number of imidazole rings is 1. The molecule has 0 spiro atoms. The van der Waals surface area contributed by atoms with Gasteiger partial charge in [0.05, 0.1) is 0 Å². The van der Waals surface area contributed by atoms with Crippen LogP contribution in [0.3, 0.4) is 0 Å². The number of carbonyl (C=O) groups is 1. The van der Waals surface area contributed by atoms with Gasteiger partial charge in [-0.1, -0.05) is 48.7 Å². The Hall–Kier alpha value is -2.62. The van der Waals surface area contributed by atoms with Gasteiger partial charge in [-0.3, -0.25) is 9.20 Å². The molecule has 0 unspecified atom stereocenters. The molecule has 0 bridgehead atoms. The van der Waals surface area contributed by atoms with Crippen molar-refractivity contribution in [3.63, 3.8) is 0 Å². The van der Waals surface area contributed by atoms with Crippen LogP contribution in [-0.2, 0) is 0 Å². The first-order chi connectivity index (χ1) is 12.1. The highest BCUT2D eigenvalue weighted by atomic mass is 16.2. The molecule has 1 amide bonds. The van der Waals surface area contributed by atoms with E-state index in [-0.39, 0.29) is 11.9 Å². The van der Waals surface area contributed by atoms with Crippen molar-refractivity contribution in [2.24, 2.45) is 0 Å². The van der Waals surface area contributed by atoms with Crippen LogP contribution in [0.25, 0.3) is 16.9 Å². The first kappa shape index (κ1) is 15.9. The molecule has 0 saturated heterocycles. The maximum absolute atomic E-state index is 13.1. The number of hydrogen-bond acceptors (Lipinski definition) is 2. The second-order valence-corrected chi connectivity index (χ2v) is 7.06. The Balaban J connectivity index is 1.83. The normalized spacial score (nSPS) is 15.0. The molecule has 2 heterocycles. The molecule has 128 valence electrons. The van der Waals surface area contributed by atoms with E-state index in [9.17, 15) is 4.79 Å². The zero-order valence-electron chi connectivity index (χ0n) is 14.7. The fourth-order valence-corrected chi connectivity index (χ4v) is 3.60. The first-order valence-corrected chi connectivity index (χ1v) is 8.98. The summed E-state index contributed by atoms with van der Waals surface area (Å²) in [5.41, 5.74) is 5.47. The summed E-state index contributed by atoms with van der Waals surface area (Å²) in [7, 11) is 0. The van der Waals surface area contributed by atoms with Crippen molar-refractivity contribution in [2.45, 2.75) is 45.6 Å². The molecule has 2 aromatic heterocycles. The molecule has 25 heavy (non-hydrogen) atoms. The quantitative estimate of drug-likeness (QED) is 0.777. The molecule has 1 saturated carbocycles. The summed E-state index contributed by atoms with van der Waals surface area (Å²) in [5, 5.41) is 3.21. The van der Waals surface area contributed by atoms with Crippen LogP contribution >= 0.6 is 0 Å². The van der Waals surface area contributed by atoms with Crippen LogP contribution in [0.4, 0.5) is 0 Å². The van der Waals surface area contributed by atoms with E-state index in [1.165, 1.54) is 18.4 Å². The van der Waals surface area contributed by atoms with E-state index in [1.807, 2.05) is 41.8 Å². The second kappa shape index (κ2) is 6.36. The molecule has 4 rings (SSSR count). The van der Waals surface area contributed by atoms with Gasteiger partial charge < -0.3 is 5.32 Å². The predicted octanol–water partition coefficient (Wildman–Crippen LogP) is 4.29. The topological polar surface area (TPSA) is 46.4 Å². The van der Waals surface area contributed by atoms with Gasteiger partial charge in [0.15, 0.2) is 0 Å². The summed E-state index contributed by atoms with van der Waals surface area (Å²) in [6, 6.07) is 12.5. The molecule has 3 aromatic rings. The Morgan fingerprint density at radius 1 is 1.04 bits per heavy atom. The number of fused-ring (bicyclic) bond motifs is 1. The zero-order valence-corrected chi connectivity index (χ0v) is 14.7. The molecule has 4 nitrogen and oxygen atoms in total. The number of aryl methyl sites for hydroxylation is 2. The number of amides is 1. The Morgan fingerprint density at radius 3 is 2.44 bits per heavy atom. The maximum Gasteiger partial charge on any atom is 0.270 e. The lowest BCUT2D eigenvalue weighted by atomic mass is 10.1. The number of aromatic nitrogens is 2. The monoisotopic (exact) mass is 333 g/mol. The lowest BCUT2D eigenvalue weighted by Gasteiger charge is -2.13. The maximum atomic E-state index is 13.1. The second-order valence-electron chi connectivity index (χ2n) is 7.06. The molecular weight excluding hydrogens is 310 g/mol. The van der Waals surface area contributed by atoms with Crippen LogP contribution < -0.4 is 5.32 Å². The van der Waals surface area contributed by atoms with E-state index in [2.05, 4.69) is 24.4 Å². The molecule has 1 aromatic carbocycles. The highest BCUT2D eigenvalue weighted by Crippen LogP contribution is 2.26. The minimum atomic E-state index is -0.0272. The summed E-state index contributed by atoms with van der Waals surface area (Å²) >= 11 is 0. The lowest BCUT2D eigenvalue weighted by Crippen LogP contribution is -2.33. The van der Waals surface area contributed by atoms with Gasteiger partial charge in [0.1, 0.15) is 17.0 Å². The van der Waals surface area contributed by atoms with Gasteiger partial charge in [-0.05, 0) is 38.3 Å². The van der Waals surface area contributed by atoms with Gasteiger partial charge in [-0.25, -0.2) is 4.98 Å². The van der Waals surface area contributed by atoms with Crippen LogP contribution in [0.1, 0.15) is 47.3 Å². The summed E-state index contributed by atoms with van der Waals surface area (Å²) < 4.78 is 1.93. The number of nitrogens with one attached hydrogen (secondary N) is 1. The van der Waals surface area contributed by atoms with E-state index in [0.717, 1.165) is 35.3 Å². The van der Waals surface area contributed by atoms with Gasteiger partial charge in [-0.15, -0.1) is 0 Å². The summed E-state index contributed by atoms with van der Waals surface area (Å²) in [5.74, 6) is -0.0272. The molecule has 0 atom stereocenters. The van der Waals surface area contributed by atoms with Crippen molar-refractivity contribution < 1.29 is 4.79 Å². The number of carbonyl (C=O) groups excluding carboxylic acids is 1. The molecule has 0 radical (unpaired) electrons. The minimum Gasteiger partial charge on any atom is -0.348 e. The predicted molar refractivity (Wildman–Crippen MR) is 99.8 cm³/mol. The Morgan fingerprint density at radius 2 is 1.72 bits per heavy atom. The van der Waals surface area contributed by atoms with E-state index in [1.54, 1.807) is 0 Å². The van der Waals surface area contributed by atoms with E-state index >= 15 is 0 Å². The van der Waals surface area contributed by atoms with Crippen molar-refractivity contribution in [2.75, 3.05) is 0 Å². The van der Waals surface area contributed by atoms with Crippen molar-refractivity contribution in [1.29, 1.82) is 0 Å². The van der Waals surface area contributed by atoms with Crippen molar-refractivity contribution in [1.82, 2.24) is 14.7 Å². The molecule has 1 aliphatic carbocycles. The number of pyridine rings is 1. The van der Waals surface area contributed by atoms with E-state index < -0.39 is 0 Å². The number of benzene rings is 1. The fourth-order valence-electron chi connectivity index (χ4n) is 3.60. The molecule has 4 heteroatoms. The Bertz CT molecular complexity index is 918. The van der Waals surface area contributed by atoms with Crippen LogP contribution in [0, 0.1) is 13.8 Å². The molecule has 1 fully saturated rings. The molecule has 1 N–H and O–H groups in total. The van der Waals surface area contributed by atoms with Gasteiger partial charge >= 0.3 is 0 Å². The summed E-state index contributed by atoms with van der Waals surface area (Å²) in [6.07, 6.45) is 6.52. The Kier molecular flexibility index (Phi) is 4.04. The van der Waals surface area contributed by atoms with Gasteiger partial charge in [-0.2, -0.15) is 0 Å². The average molecular weight is 333 g/mol. The molecular formula is C21H23N3O. The van der Waals surface area contributed by atoms with Crippen LogP contribution in [-0.4, -0.2) is 21.3 Å². The SMILES string of the molecule is Cc1ccc(-c2nc3ccc(C)cn3c2C(=O)NC2CCCC2)cc1. The summed E-state index contributed by atoms with van der Waals surface area (Å²) in [6.45, 7) is 4.09. The smallest absolute Gasteiger partial charge is 0.270 e. The number of hydrogen-bond donors (Lipinski definition) is 1. The minimum absolute atomic E-state index is 0.0272. The van der Waals surface area contributed by atoms with Crippen molar-refractivity contribution >= 4 is 11.6 Å². The van der Waals surface area contributed by atoms with Crippen LogP contribution in [0.15, 0.2) is 42.6 Å². The third-order valence-electron chi connectivity index (χ3n) is 5.00. The largest absolute Gasteiger partial charge is 0.348 e. The third kappa shape index (κ3) is 3.04. The van der Waals surface area contributed by atoms with Crippen molar-refractivity contribution in [3.8, 4) is 11.3 Å². The lowest BCUT2D eigenvalue weighted by molar-refractivity contribution is 0.0932. The van der Waals surface area contributed by atoms with Gasteiger partial charge in [0, 0.05) is 17.8 Å². The van der Waals surface area contributed by atoms with Crippen LogP contribution in [0.5, 0.6) is 0 Å². The van der Waals surface area contributed by atoms with Gasteiger partial charge in [0.2, 0.25) is 0 Å². The highest BCUT2D eigenvalue weighted by Gasteiger charge is 2.24. The van der Waals surface area contributed by atoms with Crippen molar-refractivity contribution in [3.05, 3.63) is 59.4 Å². The van der Waals surface area contributed by atoms with E-state index in [4.69, 9.17) is 4.98 Å². The molecule has 1 aliphatic rings. The summed E-state index contributed by atoms with van der Waals surface area (Å²) in [4.78, 5) is 17.8. The molecule has 0 aliphatic heterocycles.